The topological polar surface area (TPSA) is 59.4 Å². The van der Waals surface area contributed by atoms with Crippen LogP contribution in [0.5, 0.6) is 5.75 Å². The standard InChI is InChI=1S/C16H19ClN4O2/c1-10-8-15(20(2)19-10)21-7-6-13(16(21)22)18-11-4-5-12(17)14(9-11)23-3/h4-5,8-9,13,18H,6-7H2,1-3H3. The molecule has 0 bridgehead atoms. The summed E-state index contributed by atoms with van der Waals surface area (Å²) >= 11 is 6.03. The minimum atomic E-state index is -0.268. The van der Waals surface area contributed by atoms with Crippen LogP contribution in [0.25, 0.3) is 0 Å². The lowest BCUT2D eigenvalue weighted by Crippen LogP contribution is -2.34. The van der Waals surface area contributed by atoms with Crippen LogP contribution >= 0.6 is 11.6 Å². The van der Waals surface area contributed by atoms with E-state index in [9.17, 15) is 4.79 Å². The molecule has 0 radical (unpaired) electrons. The van der Waals surface area contributed by atoms with Crippen LogP contribution in [0.2, 0.25) is 5.02 Å². The molecule has 2 aromatic rings. The van der Waals surface area contributed by atoms with Gasteiger partial charge in [0.15, 0.2) is 0 Å². The predicted octanol–water partition coefficient (Wildman–Crippen LogP) is 2.61. The van der Waals surface area contributed by atoms with Crippen LogP contribution < -0.4 is 15.0 Å². The lowest BCUT2D eigenvalue weighted by Gasteiger charge is -2.17. The zero-order valence-electron chi connectivity index (χ0n) is 13.3. The molecule has 0 aliphatic carbocycles. The van der Waals surface area contributed by atoms with Gasteiger partial charge in [-0.1, -0.05) is 11.6 Å². The summed E-state index contributed by atoms with van der Waals surface area (Å²) in [6.07, 6.45) is 0.730. The molecule has 1 aromatic carbocycles. The number of carbonyl (C=O) groups excluding carboxylic acids is 1. The van der Waals surface area contributed by atoms with E-state index in [1.165, 1.54) is 0 Å². The van der Waals surface area contributed by atoms with Crippen molar-refractivity contribution >= 4 is 29.0 Å². The maximum atomic E-state index is 12.7. The molecule has 23 heavy (non-hydrogen) atoms. The number of carbonyl (C=O) groups is 1. The average Bonchev–Trinajstić information content (AvgIpc) is 3.03. The Morgan fingerprint density at radius 1 is 1.39 bits per heavy atom. The molecule has 1 N–H and O–H groups in total. The fourth-order valence-corrected chi connectivity index (χ4v) is 3.04. The molecule has 1 aliphatic heterocycles. The number of nitrogens with one attached hydrogen (secondary N) is 1. The molecule has 1 unspecified atom stereocenters. The highest BCUT2D eigenvalue weighted by Gasteiger charge is 2.34. The summed E-state index contributed by atoms with van der Waals surface area (Å²) in [4.78, 5) is 14.4. The third-order valence-corrected chi connectivity index (χ3v) is 4.26. The summed E-state index contributed by atoms with van der Waals surface area (Å²) in [6.45, 7) is 2.58. The Kier molecular flexibility index (Phi) is 4.17. The van der Waals surface area contributed by atoms with Gasteiger partial charge in [0.1, 0.15) is 17.6 Å². The Morgan fingerprint density at radius 3 is 2.83 bits per heavy atom. The fourth-order valence-electron chi connectivity index (χ4n) is 2.84. The summed E-state index contributed by atoms with van der Waals surface area (Å²) in [5, 5.41) is 8.11. The van der Waals surface area contributed by atoms with E-state index in [-0.39, 0.29) is 11.9 Å². The second kappa shape index (κ2) is 6.12. The van der Waals surface area contributed by atoms with Gasteiger partial charge in [-0.15, -0.1) is 0 Å². The second-order valence-corrected chi connectivity index (χ2v) is 6.00. The molecule has 1 amide bonds. The predicted molar refractivity (Wildman–Crippen MR) is 90.3 cm³/mol. The molecule has 3 rings (SSSR count). The normalized spacial score (nSPS) is 17.7. The molecule has 0 spiro atoms. The first kappa shape index (κ1) is 15.7. The van der Waals surface area contributed by atoms with Gasteiger partial charge in [-0.25, -0.2) is 0 Å². The summed E-state index contributed by atoms with van der Waals surface area (Å²) in [5.74, 6) is 1.45. The van der Waals surface area contributed by atoms with Crippen molar-refractivity contribution in [2.24, 2.45) is 7.05 Å². The van der Waals surface area contributed by atoms with Gasteiger partial charge in [0.2, 0.25) is 0 Å². The summed E-state index contributed by atoms with van der Waals surface area (Å²) in [7, 11) is 3.42. The highest BCUT2D eigenvalue weighted by Crippen LogP contribution is 2.29. The van der Waals surface area contributed by atoms with Crippen molar-refractivity contribution in [3.8, 4) is 5.75 Å². The number of aromatic nitrogens is 2. The molecule has 6 nitrogen and oxygen atoms in total. The van der Waals surface area contributed by atoms with Crippen molar-refractivity contribution in [3.63, 3.8) is 0 Å². The van der Waals surface area contributed by atoms with Crippen molar-refractivity contribution in [2.75, 3.05) is 23.9 Å². The first-order valence-electron chi connectivity index (χ1n) is 7.41. The van der Waals surface area contributed by atoms with E-state index in [4.69, 9.17) is 16.3 Å². The smallest absolute Gasteiger partial charge is 0.250 e. The molecule has 0 saturated carbocycles. The monoisotopic (exact) mass is 334 g/mol. The van der Waals surface area contributed by atoms with Gasteiger partial charge in [0, 0.05) is 31.4 Å². The molecular weight excluding hydrogens is 316 g/mol. The van der Waals surface area contributed by atoms with Gasteiger partial charge in [0.25, 0.3) is 5.91 Å². The van der Waals surface area contributed by atoms with Crippen LogP contribution in [0.4, 0.5) is 11.5 Å². The maximum absolute atomic E-state index is 12.7. The SMILES string of the molecule is COc1cc(NC2CCN(c3cc(C)nn3C)C2=O)ccc1Cl. The third kappa shape index (κ3) is 2.99. The minimum absolute atomic E-state index is 0.0434. The van der Waals surface area contributed by atoms with Crippen molar-refractivity contribution in [1.82, 2.24) is 9.78 Å². The Labute approximate surface area is 140 Å². The van der Waals surface area contributed by atoms with E-state index in [1.54, 1.807) is 28.8 Å². The quantitative estimate of drug-likeness (QED) is 0.933. The van der Waals surface area contributed by atoms with E-state index >= 15 is 0 Å². The lowest BCUT2D eigenvalue weighted by molar-refractivity contribution is -0.117. The molecule has 1 saturated heterocycles. The number of aryl methyl sites for hydroxylation is 2. The van der Waals surface area contributed by atoms with Crippen LogP contribution in [0.15, 0.2) is 24.3 Å². The fraction of sp³-hybridized carbons (Fsp3) is 0.375. The Balaban J connectivity index is 1.76. The Morgan fingerprint density at radius 2 is 2.17 bits per heavy atom. The number of nitrogens with zero attached hydrogens (tertiary/aromatic N) is 3. The second-order valence-electron chi connectivity index (χ2n) is 5.59. The van der Waals surface area contributed by atoms with Crippen LogP contribution in [0.3, 0.4) is 0 Å². The van der Waals surface area contributed by atoms with E-state index in [1.807, 2.05) is 26.1 Å². The summed E-state index contributed by atoms with van der Waals surface area (Å²) < 4.78 is 6.94. The summed E-state index contributed by atoms with van der Waals surface area (Å²) in [6, 6.07) is 7.05. The van der Waals surface area contributed by atoms with Gasteiger partial charge in [-0.2, -0.15) is 5.10 Å². The molecule has 1 atom stereocenters. The number of anilines is 2. The number of halogens is 1. The molecular formula is C16H19ClN4O2. The number of hydrogen-bond donors (Lipinski definition) is 1. The molecule has 2 heterocycles. The number of hydrogen-bond acceptors (Lipinski definition) is 4. The third-order valence-electron chi connectivity index (χ3n) is 3.95. The summed E-state index contributed by atoms with van der Waals surface area (Å²) in [5.41, 5.74) is 1.71. The largest absolute Gasteiger partial charge is 0.495 e. The van der Waals surface area contributed by atoms with Crippen molar-refractivity contribution < 1.29 is 9.53 Å². The Bertz CT molecular complexity index is 744. The Hall–Kier alpha value is -2.21. The van der Waals surface area contributed by atoms with Crippen molar-refractivity contribution in [3.05, 3.63) is 35.0 Å². The first-order chi connectivity index (χ1) is 11.0. The van der Waals surface area contributed by atoms with Crippen LogP contribution in [-0.2, 0) is 11.8 Å². The van der Waals surface area contributed by atoms with Gasteiger partial charge in [-0.3, -0.25) is 14.4 Å². The van der Waals surface area contributed by atoms with Crippen LogP contribution in [-0.4, -0.2) is 35.4 Å². The molecule has 1 aromatic heterocycles. The molecule has 1 aliphatic rings. The highest BCUT2D eigenvalue weighted by atomic mass is 35.5. The number of ether oxygens (including phenoxy) is 1. The molecule has 122 valence electrons. The van der Waals surface area contributed by atoms with E-state index in [2.05, 4.69) is 10.4 Å². The number of rotatable bonds is 4. The van der Waals surface area contributed by atoms with Crippen molar-refractivity contribution in [1.29, 1.82) is 0 Å². The van der Waals surface area contributed by atoms with Crippen molar-refractivity contribution in [2.45, 2.75) is 19.4 Å². The maximum Gasteiger partial charge on any atom is 0.250 e. The molecule has 1 fully saturated rings. The van der Waals surface area contributed by atoms with E-state index in [0.29, 0.717) is 17.3 Å². The van der Waals surface area contributed by atoms with E-state index in [0.717, 1.165) is 23.6 Å². The van der Waals surface area contributed by atoms with Gasteiger partial charge in [-0.05, 0) is 25.5 Å². The van der Waals surface area contributed by atoms with Gasteiger partial charge in [0.05, 0.1) is 17.8 Å². The minimum Gasteiger partial charge on any atom is -0.495 e. The number of amides is 1. The average molecular weight is 335 g/mol. The van der Waals surface area contributed by atoms with Crippen LogP contribution in [0, 0.1) is 6.92 Å². The van der Waals surface area contributed by atoms with Crippen LogP contribution in [0.1, 0.15) is 12.1 Å². The highest BCUT2D eigenvalue weighted by molar-refractivity contribution is 6.32. The van der Waals surface area contributed by atoms with Gasteiger partial charge < -0.3 is 10.1 Å². The van der Waals surface area contributed by atoms with E-state index < -0.39 is 0 Å². The molecule has 7 heteroatoms. The number of benzene rings is 1. The van der Waals surface area contributed by atoms with Gasteiger partial charge >= 0.3 is 0 Å². The lowest BCUT2D eigenvalue weighted by atomic mass is 10.2. The number of methoxy groups -OCH3 is 1. The first-order valence-corrected chi connectivity index (χ1v) is 7.79. The zero-order valence-corrected chi connectivity index (χ0v) is 14.1. The zero-order chi connectivity index (χ0) is 16.6.